The van der Waals surface area contributed by atoms with Crippen molar-refractivity contribution in [1.29, 1.82) is 0 Å². The molecule has 19 heavy (non-hydrogen) atoms. The third-order valence-corrected chi connectivity index (χ3v) is 3.14. The molecule has 0 bridgehead atoms. The van der Waals surface area contributed by atoms with Gasteiger partial charge in [0.05, 0.1) is 6.61 Å². The summed E-state index contributed by atoms with van der Waals surface area (Å²) >= 11 is 0. The highest BCUT2D eigenvalue weighted by atomic mass is 16.5. The van der Waals surface area contributed by atoms with Crippen molar-refractivity contribution in [3.8, 4) is 0 Å². The second kappa shape index (κ2) is 9.99. The zero-order valence-electron chi connectivity index (χ0n) is 12.7. The van der Waals surface area contributed by atoms with E-state index in [9.17, 15) is 0 Å². The minimum atomic E-state index is 0.462. The van der Waals surface area contributed by atoms with E-state index in [1.165, 1.54) is 24.8 Å². The molecule has 1 aromatic rings. The van der Waals surface area contributed by atoms with Crippen molar-refractivity contribution in [2.75, 3.05) is 19.8 Å². The lowest BCUT2D eigenvalue weighted by Gasteiger charge is -2.19. The van der Waals surface area contributed by atoms with Crippen LogP contribution in [0.1, 0.15) is 51.6 Å². The van der Waals surface area contributed by atoms with Crippen LogP contribution >= 0.6 is 0 Å². The Balaban J connectivity index is 2.34. The smallest absolute Gasteiger partial charge is 0.0591 e. The first kappa shape index (κ1) is 16.2. The molecule has 0 aliphatic rings. The van der Waals surface area contributed by atoms with Gasteiger partial charge in [0.25, 0.3) is 0 Å². The second-order valence-corrected chi connectivity index (χ2v) is 5.53. The van der Waals surface area contributed by atoms with Gasteiger partial charge in [0.15, 0.2) is 0 Å². The lowest BCUT2D eigenvalue weighted by molar-refractivity contribution is 0.109. The molecule has 1 aromatic carbocycles. The maximum Gasteiger partial charge on any atom is 0.0591 e. The molecular formula is C17H29NO. The average molecular weight is 263 g/mol. The zero-order valence-corrected chi connectivity index (χ0v) is 12.7. The zero-order chi connectivity index (χ0) is 13.9. The first-order chi connectivity index (χ1) is 9.24. The van der Waals surface area contributed by atoms with Gasteiger partial charge in [-0.3, -0.25) is 0 Å². The van der Waals surface area contributed by atoms with Crippen LogP contribution in [0, 0.1) is 5.92 Å². The number of nitrogens with one attached hydrogen (secondary N) is 1. The van der Waals surface area contributed by atoms with Gasteiger partial charge in [-0.15, -0.1) is 0 Å². The summed E-state index contributed by atoms with van der Waals surface area (Å²) in [6.45, 7) is 9.19. The molecule has 0 aliphatic heterocycles. The van der Waals surface area contributed by atoms with E-state index in [4.69, 9.17) is 4.74 Å². The molecule has 1 atom stereocenters. The van der Waals surface area contributed by atoms with Gasteiger partial charge in [0.2, 0.25) is 0 Å². The van der Waals surface area contributed by atoms with Gasteiger partial charge in [0.1, 0.15) is 0 Å². The molecule has 1 rings (SSSR count). The molecule has 2 nitrogen and oxygen atoms in total. The van der Waals surface area contributed by atoms with E-state index in [1.54, 1.807) is 0 Å². The summed E-state index contributed by atoms with van der Waals surface area (Å²) in [5.74, 6) is 0.616. The molecule has 1 unspecified atom stereocenters. The number of rotatable bonds is 10. The summed E-state index contributed by atoms with van der Waals surface area (Å²) in [5.41, 5.74) is 1.39. The fraction of sp³-hybridized carbons (Fsp3) is 0.647. The lowest BCUT2D eigenvalue weighted by Crippen LogP contribution is -2.26. The van der Waals surface area contributed by atoms with Crippen molar-refractivity contribution in [2.45, 2.75) is 46.1 Å². The van der Waals surface area contributed by atoms with Gasteiger partial charge < -0.3 is 10.1 Å². The minimum absolute atomic E-state index is 0.462. The van der Waals surface area contributed by atoms with Crippen molar-refractivity contribution in [2.24, 2.45) is 5.92 Å². The van der Waals surface area contributed by atoms with Crippen molar-refractivity contribution >= 4 is 0 Å². The highest BCUT2D eigenvalue weighted by Gasteiger charge is 2.09. The third-order valence-electron chi connectivity index (χ3n) is 3.14. The predicted octanol–water partition coefficient (Wildman–Crippen LogP) is 4.18. The molecule has 2 heteroatoms. The molecule has 0 saturated heterocycles. The summed E-state index contributed by atoms with van der Waals surface area (Å²) in [6.07, 6.45) is 3.71. The number of ether oxygens (including phenoxy) is 1. The van der Waals surface area contributed by atoms with Gasteiger partial charge in [-0.25, -0.2) is 0 Å². The van der Waals surface area contributed by atoms with Crippen LogP contribution in [0.3, 0.4) is 0 Å². The maximum absolute atomic E-state index is 5.62. The predicted molar refractivity (Wildman–Crippen MR) is 82.4 cm³/mol. The van der Waals surface area contributed by atoms with Crippen LogP contribution in [-0.2, 0) is 4.74 Å². The highest BCUT2D eigenvalue weighted by molar-refractivity contribution is 5.18. The van der Waals surface area contributed by atoms with E-state index in [1.807, 2.05) is 0 Å². The molecule has 0 spiro atoms. The van der Waals surface area contributed by atoms with E-state index in [2.05, 4.69) is 56.4 Å². The number of unbranched alkanes of at least 4 members (excludes halogenated alkanes) is 1. The van der Waals surface area contributed by atoms with Gasteiger partial charge in [-0.2, -0.15) is 0 Å². The molecule has 0 aromatic heterocycles. The summed E-state index contributed by atoms with van der Waals surface area (Å²) in [7, 11) is 0. The Hall–Kier alpha value is -0.860. The van der Waals surface area contributed by atoms with E-state index >= 15 is 0 Å². The Morgan fingerprint density at radius 2 is 1.89 bits per heavy atom. The maximum atomic E-state index is 5.62. The van der Waals surface area contributed by atoms with Crippen LogP contribution in [0.2, 0.25) is 0 Å². The normalized spacial score (nSPS) is 12.8. The summed E-state index contributed by atoms with van der Waals surface area (Å²) in [6, 6.07) is 11.2. The molecule has 0 aliphatic carbocycles. The molecule has 0 radical (unpaired) electrons. The Morgan fingerprint density at radius 3 is 2.53 bits per heavy atom. The summed E-state index contributed by atoms with van der Waals surface area (Å²) in [5, 5.41) is 3.62. The fourth-order valence-corrected chi connectivity index (χ4v) is 2.10. The molecule has 0 amide bonds. The molecule has 108 valence electrons. The van der Waals surface area contributed by atoms with Crippen LogP contribution in [0.4, 0.5) is 0 Å². The monoisotopic (exact) mass is 263 g/mol. The quantitative estimate of drug-likeness (QED) is 0.639. The molecule has 0 heterocycles. The minimum Gasteiger partial charge on any atom is -0.380 e. The van der Waals surface area contributed by atoms with Crippen molar-refractivity contribution < 1.29 is 4.74 Å². The number of hydrogen-bond acceptors (Lipinski definition) is 2. The van der Waals surface area contributed by atoms with Crippen LogP contribution < -0.4 is 5.32 Å². The Labute approximate surface area is 118 Å². The van der Waals surface area contributed by atoms with Gasteiger partial charge in [-0.05, 0) is 17.9 Å². The molecule has 1 N–H and O–H groups in total. The Morgan fingerprint density at radius 1 is 1.16 bits per heavy atom. The fourth-order valence-electron chi connectivity index (χ4n) is 2.10. The van der Waals surface area contributed by atoms with Gasteiger partial charge >= 0.3 is 0 Å². The SMILES string of the molecule is CCCCC(NCCOCC(C)C)c1ccccc1. The van der Waals surface area contributed by atoms with E-state index in [0.717, 1.165) is 19.8 Å². The topological polar surface area (TPSA) is 21.3 Å². The summed E-state index contributed by atoms with van der Waals surface area (Å²) < 4.78 is 5.62. The third kappa shape index (κ3) is 7.34. The van der Waals surface area contributed by atoms with Crippen LogP contribution in [0.5, 0.6) is 0 Å². The second-order valence-electron chi connectivity index (χ2n) is 5.53. The highest BCUT2D eigenvalue weighted by Crippen LogP contribution is 2.18. The number of hydrogen-bond donors (Lipinski definition) is 1. The van der Waals surface area contributed by atoms with Crippen molar-refractivity contribution in [3.05, 3.63) is 35.9 Å². The van der Waals surface area contributed by atoms with Crippen LogP contribution in [-0.4, -0.2) is 19.8 Å². The molecule has 0 saturated carbocycles. The van der Waals surface area contributed by atoms with Crippen LogP contribution in [0.25, 0.3) is 0 Å². The van der Waals surface area contributed by atoms with E-state index < -0.39 is 0 Å². The molecular weight excluding hydrogens is 234 g/mol. The summed E-state index contributed by atoms with van der Waals surface area (Å²) in [4.78, 5) is 0. The number of benzene rings is 1. The largest absolute Gasteiger partial charge is 0.380 e. The molecule has 0 fully saturated rings. The Kier molecular flexibility index (Phi) is 8.52. The standard InChI is InChI=1S/C17H29NO/c1-4-5-11-17(16-9-7-6-8-10-16)18-12-13-19-14-15(2)3/h6-10,15,17-18H,4-5,11-14H2,1-3H3. The van der Waals surface area contributed by atoms with Crippen molar-refractivity contribution in [3.63, 3.8) is 0 Å². The first-order valence-electron chi connectivity index (χ1n) is 7.60. The van der Waals surface area contributed by atoms with E-state index in [0.29, 0.717) is 12.0 Å². The van der Waals surface area contributed by atoms with Gasteiger partial charge in [-0.1, -0.05) is 63.9 Å². The van der Waals surface area contributed by atoms with E-state index in [-0.39, 0.29) is 0 Å². The van der Waals surface area contributed by atoms with Crippen molar-refractivity contribution in [1.82, 2.24) is 5.32 Å². The lowest BCUT2D eigenvalue weighted by atomic mass is 10.0. The van der Waals surface area contributed by atoms with Gasteiger partial charge in [0, 0.05) is 19.2 Å². The Bertz CT molecular complexity index is 310. The first-order valence-corrected chi connectivity index (χ1v) is 7.60. The van der Waals surface area contributed by atoms with Crippen LogP contribution in [0.15, 0.2) is 30.3 Å². The average Bonchev–Trinajstić information content (AvgIpc) is 2.42.